The molecule has 8 rings (SSSR count). The van der Waals surface area contributed by atoms with Crippen LogP contribution in [0.5, 0.6) is 5.75 Å². The van der Waals surface area contributed by atoms with E-state index in [1.165, 1.54) is 9.80 Å². The first-order chi connectivity index (χ1) is 23.6. The maximum absolute atomic E-state index is 14.5. The number of hydrogen-bond donors (Lipinski definition) is 1. The Labute approximate surface area is 283 Å². The van der Waals surface area contributed by atoms with Crippen molar-refractivity contribution < 1.29 is 29.1 Å². The van der Waals surface area contributed by atoms with E-state index in [1.807, 2.05) is 31.2 Å². The Bertz CT molecular complexity index is 2090. The molecule has 0 spiro atoms. The average Bonchev–Trinajstić information content (AvgIpc) is 3.49. The van der Waals surface area contributed by atoms with Crippen LogP contribution in [0.25, 0.3) is 0 Å². The number of amides is 4. The second-order valence-electron chi connectivity index (χ2n) is 13.8. The summed E-state index contributed by atoms with van der Waals surface area (Å²) >= 11 is 0. The molecule has 3 fully saturated rings. The van der Waals surface area contributed by atoms with Crippen molar-refractivity contribution in [1.29, 1.82) is 0 Å². The van der Waals surface area contributed by atoms with Gasteiger partial charge in [-0.1, -0.05) is 78.4 Å². The molecule has 2 saturated heterocycles. The molecule has 8 nitrogen and oxygen atoms in total. The predicted molar refractivity (Wildman–Crippen MR) is 183 cm³/mol. The van der Waals surface area contributed by atoms with Gasteiger partial charge in [0.2, 0.25) is 23.6 Å². The topological polar surface area (TPSA) is 112 Å². The molecule has 4 amide bonds. The van der Waals surface area contributed by atoms with Crippen LogP contribution in [-0.2, 0) is 19.2 Å². The molecule has 0 radical (unpaired) electrons. The third-order valence-corrected chi connectivity index (χ3v) is 11.3. The molecule has 4 aromatic carbocycles. The zero-order valence-corrected chi connectivity index (χ0v) is 27.1. The number of imide groups is 2. The number of benzene rings is 4. The summed E-state index contributed by atoms with van der Waals surface area (Å²) in [5.74, 6) is -4.85. The van der Waals surface area contributed by atoms with Gasteiger partial charge in [-0.15, -0.1) is 0 Å². The van der Waals surface area contributed by atoms with Gasteiger partial charge in [0.1, 0.15) is 5.75 Å². The maximum Gasteiger partial charge on any atom is 0.241 e. The number of phenols is 1. The van der Waals surface area contributed by atoms with Crippen molar-refractivity contribution in [2.24, 2.45) is 29.1 Å². The number of ketones is 1. The molecule has 8 heteroatoms. The Morgan fingerprint density at radius 2 is 1.35 bits per heavy atom. The van der Waals surface area contributed by atoms with Gasteiger partial charge in [0.25, 0.3) is 0 Å². The van der Waals surface area contributed by atoms with Crippen molar-refractivity contribution in [3.8, 4) is 5.75 Å². The van der Waals surface area contributed by atoms with Crippen LogP contribution in [-0.4, -0.2) is 34.5 Å². The minimum absolute atomic E-state index is 0.0511. The number of para-hydroxylation sites is 2. The average molecular weight is 651 g/mol. The summed E-state index contributed by atoms with van der Waals surface area (Å²) in [6.45, 7) is 3.60. The van der Waals surface area contributed by atoms with Gasteiger partial charge in [-0.2, -0.15) is 0 Å². The summed E-state index contributed by atoms with van der Waals surface area (Å²) < 4.78 is 0. The number of carbonyl (C=O) groups excluding carboxylic acids is 5. The minimum Gasteiger partial charge on any atom is -0.507 e. The molecular formula is C41H34N2O6. The first-order valence-corrected chi connectivity index (χ1v) is 16.6. The van der Waals surface area contributed by atoms with Crippen LogP contribution in [0.3, 0.4) is 0 Å². The summed E-state index contributed by atoms with van der Waals surface area (Å²) in [6.07, 6.45) is 2.48. The summed E-state index contributed by atoms with van der Waals surface area (Å²) in [6, 6.07) is 29.6. The lowest BCUT2D eigenvalue weighted by Crippen LogP contribution is -2.49. The fourth-order valence-corrected chi connectivity index (χ4v) is 8.87. The lowest BCUT2D eigenvalue weighted by molar-refractivity contribution is -0.131. The van der Waals surface area contributed by atoms with Crippen LogP contribution in [0.4, 0.5) is 11.4 Å². The monoisotopic (exact) mass is 650 g/mol. The van der Waals surface area contributed by atoms with Crippen LogP contribution < -0.4 is 9.80 Å². The highest BCUT2D eigenvalue weighted by Gasteiger charge is 2.68. The summed E-state index contributed by atoms with van der Waals surface area (Å²) in [7, 11) is 0. The van der Waals surface area contributed by atoms with Gasteiger partial charge < -0.3 is 5.11 Å². The molecule has 2 heterocycles. The highest BCUT2D eigenvalue weighted by molar-refractivity contribution is 6.25. The van der Waals surface area contributed by atoms with E-state index in [0.29, 0.717) is 33.6 Å². The van der Waals surface area contributed by atoms with E-state index in [9.17, 15) is 29.1 Å². The molecule has 0 bridgehead atoms. The van der Waals surface area contributed by atoms with Gasteiger partial charge in [0.05, 0.1) is 34.5 Å². The van der Waals surface area contributed by atoms with E-state index < -0.39 is 35.0 Å². The van der Waals surface area contributed by atoms with Gasteiger partial charge in [0, 0.05) is 22.6 Å². The number of hydrogen-bond acceptors (Lipinski definition) is 6. The number of allylic oxidation sites excluding steroid dienone is 2. The summed E-state index contributed by atoms with van der Waals surface area (Å²) in [4.78, 5) is 72.7. The van der Waals surface area contributed by atoms with Gasteiger partial charge in [-0.05, 0) is 74.6 Å². The Hall–Kier alpha value is -5.63. The van der Waals surface area contributed by atoms with Crippen molar-refractivity contribution in [3.63, 3.8) is 0 Å². The summed E-state index contributed by atoms with van der Waals surface area (Å²) in [5.41, 5.74) is 2.58. The zero-order valence-electron chi connectivity index (χ0n) is 27.1. The van der Waals surface area contributed by atoms with Gasteiger partial charge in [0.15, 0.2) is 5.78 Å². The van der Waals surface area contributed by atoms with Crippen molar-refractivity contribution in [1.82, 2.24) is 0 Å². The third-order valence-electron chi connectivity index (χ3n) is 11.3. The van der Waals surface area contributed by atoms with Crippen molar-refractivity contribution >= 4 is 40.8 Å². The van der Waals surface area contributed by atoms with Crippen LogP contribution >= 0.6 is 0 Å². The maximum atomic E-state index is 14.5. The normalized spacial score (nSPS) is 27.5. The van der Waals surface area contributed by atoms with E-state index in [2.05, 4.69) is 0 Å². The van der Waals surface area contributed by atoms with Crippen molar-refractivity contribution in [2.45, 2.75) is 32.6 Å². The number of aryl methyl sites for hydroxylation is 1. The molecule has 2 aliphatic heterocycles. The first kappa shape index (κ1) is 30.7. The lowest BCUT2D eigenvalue weighted by Gasteiger charge is -2.49. The largest absolute Gasteiger partial charge is 0.507 e. The van der Waals surface area contributed by atoms with Crippen LogP contribution in [0.2, 0.25) is 0 Å². The fourth-order valence-electron chi connectivity index (χ4n) is 8.87. The van der Waals surface area contributed by atoms with Gasteiger partial charge >= 0.3 is 0 Å². The number of phenolic OH excluding ortho intramolecular Hbond substituents is 1. The fraction of sp³-hybridized carbons (Fsp3) is 0.244. The highest BCUT2D eigenvalue weighted by atomic mass is 16.3. The molecule has 1 N–H and O–H groups in total. The number of fused-ring (bicyclic) bond motifs is 4. The van der Waals surface area contributed by atoms with Crippen molar-refractivity contribution in [2.75, 3.05) is 9.80 Å². The third kappa shape index (κ3) is 4.39. The van der Waals surface area contributed by atoms with Crippen LogP contribution in [0.1, 0.15) is 52.7 Å². The number of rotatable bonds is 5. The zero-order chi connectivity index (χ0) is 34.2. The Morgan fingerprint density at radius 3 is 2.04 bits per heavy atom. The molecule has 1 saturated carbocycles. The van der Waals surface area contributed by atoms with Gasteiger partial charge in [-0.3, -0.25) is 28.9 Å². The molecular weight excluding hydrogens is 616 g/mol. The smallest absolute Gasteiger partial charge is 0.241 e. The van der Waals surface area contributed by atoms with Crippen LogP contribution in [0.15, 0.2) is 115 Å². The molecule has 2 aliphatic carbocycles. The number of carbonyl (C=O) groups is 5. The van der Waals surface area contributed by atoms with E-state index in [0.717, 1.165) is 5.57 Å². The molecule has 4 aliphatic rings. The van der Waals surface area contributed by atoms with E-state index in [4.69, 9.17) is 0 Å². The second-order valence-corrected chi connectivity index (χ2v) is 13.8. The molecule has 49 heavy (non-hydrogen) atoms. The predicted octanol–water partition coefficient (Wildman–Crippen LogP) is 6.37. The van der Waals surface area contributed by atoms with Gasteiger partial charge in [-0.25, -0.2) is 4.90 Å². The van der Waals surface area contributed by atoms with E-state index in [1.54, 1.807) is 91.9 Å². The quantitative estimate of drug-likeness (QED) is 0.153. The van der Waals surface area contributed by atoms with E-state index in [-0.39, 0.29) is 48.0 Å². The SMILES string of the molecule is Cc1cccc([C@H]2C3=CC[C@@H]4C(=O)N(c5ccc(C(=O)c6ccccc6)cc5)C(=O)[C@@H]4[C@@H]3C[C@H]3C(=O)N(c4ccccc4)C(=O)[C@@]23C)c1O. The van der Waals surface area contributed by atoms with Crippen LogP contribution in [0, 0.1) is 36.0 Å². The number of anilines is 2. The molecule has 4 aromatic rings. The lowest BCUT2D eigenvalue weighted by atomic mass is 9.51. The molecule has 0 unspecified atom stereocenters. The standard InChI is InChI=1S/C41H34N2O6/c1-23-10-9-15-30(35(23)44)34-28-20-21-29-33(31(28)22-32-38(47)43(40(49)41(32,34)2)26-13-7-4-8-14-26)39(48)42(37(29)46)27-18-16-25(17-19-27)36(45)24-11-5-3-6-12-24/h3-20,29,31-34,44H,21-22H2,1-2H3/t29-,31+,32-,33-,34+,41+/m0/s1. The minimum atomic E-state index is -1.24. The number of nitrogens with zero attached hydrogens (tertiary/aromatic N) is 2. The molecule has 6 atom stereocenters. The summed E-state index contributed by atoms with van der Waals surface area (Å²) in [5, 5.41) is 11.4. The number of aromatic hydroxyl groups is 1. The second kappa shape index (κ2) is 11.2. The molecule has 244 valence electrons. The Kier molecular flexibility index (Phi) is 7.03. The Morgan fingerprint density at radius 1 is 0.714 bits per heavy atom. The first-order valence-electron chi connectivity index (χ1n) is 16.6. The highest BCUT2D eigenvalue weighted by Crippen LogP contribution is 2.64. The van der Waals surface area contributed by atoms with Crippen molar-refractivity contribution in [3.05, 3.63) is 137 Å². The molecule has 0 aromatic heterocycles. The van der Waals surface area contributed by atoms with E-state index >= 15 is 0 Å². The Balaban J connectivity index is 1.19.